The van der Waals surface area contributed by atoms with Gasteiger partial charge in [0.2, 0.25) is 11.9 Å². The molecule has 0 fully saturated rings. The summed E-state index contributed by atoms with van der Waals surface area (Å²) in [6.07, 6.45) is 1.84. The number of aryl methyl sites for hydroxylation is 1. The summed E-state index contributed by atoms with van der Waals surface area (Å²) in [7, 11) is 2.01. The van der Waals surface area contributed by atoms with Gasteiger partial charge in [0.1, 0.15) is 0 Å². The Hall–Kier alpha value is -3.41. The van der Waals surface area contributed by atoms with E-state index in [4.69, 9.17) is 0 Å². The van der Waals surface area contributed by atoms with Gasteiger partial charge in [-0.25, -0.2) is 9.97 Å². The Balaban J connectivity index is 1.89. The van der Waals surface area contributed by atoms with Crippen molar-refractivity contribution in [2.45, 2.75) is 27.3 Å². The van der Waals surface area contributed by atoms with Gasteiger partial charge in [-0.05, 0) is 18.1 Å². The van der Waals surface area contributed by atoms with Crippen molar-refractivity contribution in [3.05, 3.63) is 54.9 Å². The van der Waals surface area contributed by atoms with Crippen molar-refractivity contribution >= 4 is 22.9 Å². The summed E-state index contributed by atoms with van der Waals surface area (Å²) < 4.78 is 4.13. The van der Waals surface area contributed by atoms with Crippen LogP contribution in [0.3, 0.4) is 0 Å². The molecule has 4 aromatic rings. The minimum atomic E-state index is -0.122. The number of amides is 1. The summed E-state index contributed by atoms with van der Waals surface area (Å²) in [5, 5.41) is 2.87. The molecule has 1 amide bonds. The Morgan fingerprint density at radius 1 is 1.10 bits per heavy atom. The highest BCUT2D eigenvalue weighted by molar-refractivity contribution is 5.91. The molecule has 1 N–H and O–H groups in total. The van der Waals surface area contributed by atoms with Crippen LogP contribution in [-0.4, -0.2) is 25.0 Å². The number of carbonyl (C=O) groups excluding carboxylic acids is 1. The molecular formula is C23H25N5O. The van der Waals surface area contributed by atoms with Crippen LogP contribution in [0.15, 0.2) is 54.9 Å². The molecule has 2 aromatic heterocycles. The fourth-order valence-electron chi connectivity index (χ4n) is 3.65. The van der Waals surface area contributed by atoms with E-state index >= 15 is 0 Å². The van der Waals surface area contributed by atoms with Gasteiger partial charge >= 0.3 is 0 Å². The van der Waals surface area contributed by atoms with Crippen LogP contribution < -0.4 is 5.32 Å². The molecule has 2 aromatic carbocycles. The molecule has 0 unspecified atom stereocenters. The first-order chi connectivity index (χ1) is 13.9. The lowest BCUT2D eigenvalue weighted by Crippen LogP contribution is -2.14. The van der Waals surface area contributed by atoms with Gasteiger partial charge in [-0.3, -0.25) is 10.1 Å². The van der Waals surface area contributed by atoms with E-state index in [1.54, 1.807) is 0 Å². The predicted molar refractivity (Wildman–Crippen MR) is 117 cm³/mol. The molecule has 0 bridgehead atoms. The zero-order valence-electron chi connectivity index (χ0n) is 17.2. The molecule has 2 heterocycles. The first-order valence-corrected chi connectivity index (χ1v) is 9.79. The maximum Gasteiger partial charge on any atom is 0.223 e. The third-order valence-corrected chi connectivity index (χ3v) is 4.84. The average molecular weight is 387 g/mol. The average Bonchev–Trinajstić information content (AvgIpc) is 3.22. The number of imidazole rings is 2. The number of nitrogens with zero attached hydrogens (tertiary/aromatic N) is 4. The van der Waals surface area contributed by atoms with Crippen LogP contribution in [0, 0.1) is 5.92 Å². The molecule has 0 atom stereocenters. The molecule has 0 aliphatic heterocycles. The van der Waals surface area contributed by atoms with Gasteiger partial charge in [-0.1, -0.05) is 50.2 Å². The molecule has 0 radical (unpaired) electrons. The Labute approximate surface area is 170 Å². The minimum absolute atomic E-state index is 0.122. The summed E-state index contributed by atoms with van der Waals surface area (Å²) >= 11 is 0. The first kappa shape index (κ1) is 18.9. The van der Waals surface area contributed by atoms with E-state index in [1.165, 1.54) is 6.92 Å². The molecule has 0 saturated heterocycles. The van der Waals surface area contributed by atoms with Gasteiger partial charge in [0, 0.05) is 31.6 Å². The second-order valence-corrected chi connectivity index (χ2v) is 7.74. The van der Waals surface area contributed by atoms with Crippen molar-refractivity contribution in [2.75, 3.05) is 5.32 Å². The Kier molecular flexibility index (Phi) is 4.92. The maximum absolute atomic E-state index is 11.7. The van der Waals surface area contributed by atoms with Gasteiger partial charge in [0.15, 0.2) is 0 Å². The fourth-order valence-corrected chi connectivity index (χ4v) is 3.65. The smallest absolute Gasteiger partial charge is 0.223 e. The third kappa shape index (κ3) is 3.66. The van der Waals surface area contributed by atoms with Gasteiger partial charge in [-0.2, -0.15) is 0 Å². The monoisotopic (exact) mass is 387 g/mol. The van der Waals surface area contributed by atoms with Crippen molar-refractivity contribution < 1.29 is 4.79 Å². The molecule has 148 valence electrons. The van der Waals surface area contributed by atoms with E-state index < -0.39 is 0 Å². The summed E-state index contributed by atoms with van der Waals surface area (Å²) in [5.41, 5.74) is 6.01. The number of anilines is 1. The number of hydrogen-bond donors (Lipinski definition) is 1. The third-order valence-electron chi connectivity index (χ3n) is 4.84. The highest BCUT2D eigenvalue weighted by atomic mass is 16.1. The van der Waals surface area contributed by atoms with Gasteiger partial charge in [-0.15, -0.1) is 0 Å². The largest absolute Gasteiger partial charge is 0.333 e. The number of carbonyl (C=O) groups is 1. The van der Waals surface area contributed by atoms with Crippen LogP contribution in [-0.2, 0) is 18.4 Å². The zero-order valence-corrected chi connectivity index (χ0v) is 17.2. The summed E-state index contributed by atoms with van der Waals surface area (Å²) in [6, 6.07) is 16.4. The molecule has 6 nitrogen and oxygen atoms in total. The van der Waals surface area contributed by atoms with Crippen molar-refractivity contribution in [1.29, 1.82) is 0 Å². The SMILES string of the molecule is CC(=O)Nc1nc2ccc(-c3c(-c4ccccc4)ncn3C)cc2n1CC(C)C. The standard InChI is InChI=1S/C23H25N5O/c1-15(2)13-28-20-12-18(10-11-19(20)26-23(28)25-16(3)29)22-21(24-14-27(22)4)17-8-6-5-7-9-17/h5-12,14-15H,13H2,1-4H3,(H,25,26,29). The second kappa shape index (κ2) is 7.54. The lowest BCUT2D eigenvalue weighted by molar-refractivity contribution is -0.114. The van der Waals surface area contributed by atoms with Crippen molar-refractivity contribution in [1.82, 2.24) is 19.1 Å². The molecule has 0 spiro atoms. The van der Waals surface area contributed by atoms with E-state index in [-0.39, 0.29) is 5.91 Å². The Morgan fingerprint density at radius 3 is 2.55 bits per heavy atom. The van der Waals surface area contributed by atoms with E-state index in [2.05, 4.69) is 58.0 Å². The molecule has 6 heteroatoms. The lowest BCUT2D eigenvalue weighted by Gasteiger charge is -2.12. The van der Waals surface area contributed by atoms with E-state index in [9.17, 15) is 4.79 Å². The summed E-state index contributed by atoms with van der Waals surface area (Å²) in [6.45, 7) is 6.59. The van der Waals surface area contributed by atoms with Gasteiger partial charge in [0.25, 0.3) is 0 Å². The number of nitrogens with one attached hydrogen (secondary N) is 1. The number of fused-ring (bicyclic) bond motifs is 1. The van der Waals surface area contributed by atoms with Crippen LogP contribution >= 0.6 is 0 Å². The Morgan fingerprint density at radius 2 is 1.86 bits per heavy atom. The summed E-state index contributed by atoms with van der Waals surface area (Å²) in [5.74, 6) is 0.885. The number of hydrogen-bond acceptors (Lipinski definition) is 3. The lowest BCUT2D eigenvalue weighted by atomic mass is 10.0. The molecule has 4 rings (SSSR count). The predicted octanol–water partition coefficient (Wildman–Crippen LogP) is 4.72. The Bertz CT molecular complexity index is 1170. The van der Waals surface area contributed by atoms with Crippen LogP contribution in [0.1, 0.15) is 20.8 Å². The number of rotatable bonds is 5. The van der Waals surface area contributed by atoms with Crippen LogP contribution in [0.4, 0.5) is 5.95 Å². The van der Waals surface area contributed by atoms with Crippen molar-refractivity contribution in [3.8, 4) is 22.5 Å². The first-order valence-electron chi connectivity index (χ1n) is 9.79. The van der Waals surface area contributed by atoms with Gasteiger partial charge in [0.05, 0.1) is 28.7 Å². The van der Waals surface area contributed by atoms with Crippen LogP contribution in [0.5, 0.6) is 0 Å². The van der Waals surface area contributed by atoms with Crippen LogP contribution in [0.2, 0.25) is 0 Å². The summed E-state index contributed by atoms with van der Waals surface area (Å²) in [4.78, 5) is 20.9. The van der Waals surface area contributed by atoms with Crippen molar-refractivity contribution in [2.24, 2.45) is 13.0 Å². The van der Waals surface area contributed by atoms with E-state index in [0.29, 0.717) is 11.9 Å². The van der Waals surface area contributed by atoms with Gasteiger partial charge < -0.3 is 9.13 Å². The normalized spacial score (nSPS) is 11.3. The fraction of sp³-hybridized carbons (Fsp3) is 0.261. The molecule has 29 heavy (non-hydrogen) atoms. The van der Waals surface area contributed by atoms with E-state index in [0.717, 1.165) is 40.1 Å². The molecule has 0 aliphatic rings. The number of aromatic nitrogens is 4. The van der Waals surface area contributed by atoms with Crippen LogP contribution in [0.25, 0.3) is 33.5 Å². The molecule has 0 saturated carbocycles. The highest BCUT2D eigenvalue weighted by Crippen LogP contribution is 2.33. The minimum Gasteiger partial charge on any atom is -0.333 e. The number of benzene rings is 2. The molecule has 0 aliphatic carbocycles. The molecular weight excluding hydrogens is 362 g/mol. The maximum atomic E-state index is 11.7. The highest BCUT2D eigenvalue weighted by Gasteiger charge is 2.17. The van der Waals surface area contributed by atoms with E-state index in [1.807, 2.05) is 42.2 Å². The second-order valence-electron chi connectivity index (χ2n) is 7.74. The zero-order chi connectivity index (χ0) is 20.5. The topological polar surface area (TPSA) is 64.7 Å². The quantitative estimate of drug-likeness (QED) is 0.539. The van der Waals surface area contributed by atoms with Crippen molar-refractivity contribution in [3.63, 3.8) is 0 Å².